The maximum Gasteiger partial charge on any atom is 0.330 e. The molecule has 194 valence electrons. The molecule has 11 heteroatoms. The van der Waals surface area contributed by atoms with Gasteiger partial charge in [-0.3, -0.25) is 19.2 Å². The van der Waals surface area contributed by atoms with Crippen molar-refractivity contribution in [3.05, 3.63) is 25.3 Å². The van der Waals surface area contributed by atoms with Crippen molar-refractivity contribution in [1.82, 2.24) is 0 Å². The molecule has 1 aliphatic carbocycles. The lowest BCUT2D eigenvalue weighted by Crippen LogP contribution is -2.45. The molecule has 0 aromatic rings. The lowest BCUT2D eigenvalue weighted by Gasteiger charge is -2.37. The van der Waals surface area contributed by atoms with Gasteiger partial charge in [-0.1, -0.05) is 32.9 Å². The summed E-state index contributed by atoms with van der Waals surface area (Å²) in [5.41, 5.74) is -1.22. The van der Waals surface area contributed by atoms with Crippen molar-refractivity contribution in [2.24, 2.45) is 17.3 Å². The first-order chi connectivity index (χ1) is 16.5. The first kappa shape index (κ1) is 29.5. The summed E-state index contributed by atoms with van der Waals surface area (Å²) in [7, 11) is 0. The summed E-state index contributed by atoms with van der Waals surface area (Å²) < 4.78 is 24.5. The minimum absolute atomic E-state index is 0.162. The van der Waals surface area contributed by atoms with E-state index < -0.39 is 53.1 Å². The second-order valence-corrected chi connectivity index (χ2v) is 8.16. The third-order valence-corrected chi connectivity index (χ3v) is 5.52. The van der Waals surface area contributed by atoms with Gasteiger partial charge >= 0.3 is 35.8 Å². The minimum atomic E-state index is -1.22. The van der Waals surface area contributed by atoms with Gasteiger partial charge in [0.05, 0.1) is 23.7 Å². The summed E-state index contributed by atoms with van der Waals surface area (Å²) in [5, 5.41) is 0. The molecule has 3 atom stereocenters. The van der Waals surface area contributed by atoms with Crippen LogP contribution in [0.5, 0.6) is 0 Å². The molecule has 1 fully saturated rings. The van der Waals surface area contributed by atoms with E-state index in [1.54, 1.807) is 6.92 Å². The van der Waals surface area contributed by atoms with Gasteiger partial charge in [0.2, 0.25) is 0 Å². The van der Waals surface area contributed by atoms with Crippen LogP contribution >= 0.6 is 0 Å². The van der Waals surface area contributed by atoms with Gasteiger partial charge in [0.25, 0.3) is 0 Å². The molecule has 0 N–H and O–H groups in total. The molecule has 0 spiro atoms. The minimum Gasteiger partial charge on any atom is -0.462 e. The Kier molecular flexibility index (Phi) is 12.4. The molecule has 0 amide bonds. The van der Waals surface area contributed by atoms with E-state index in [0.29, 0.717) is 25.7 Å². The van der Waals surface area contributed by atoms with Crippen LogP contribution in [-0.4, -0.2) is 62.2 Å². The van der Waals surface area contributed by atoms with Crippen LogP contribution in [0.4, 0.5) is 0 Å². The molecular weight excluding hydrogens is 464 g/mol. The van der Waals surface area contributed by atoms with Crippen LogP contribution in [0.25, 0.3) is 0 Å². The normalized spacial score (nSPS) is 19.9. The van der Waals surface area contributed by atoms with Crippen molar-refractivity contribution in [2.45, 2.75) is 46.0 Å². The standard InChI is InChI=1S/C24H32O11/c1-5-18(25)31-11-12-33-20(27)15-16(3)21(28)35-22(29)17-9-7-8-10-24(17,4)23(30)34-14-13-32-19(26)6-2/h5-6,16-17H,1-2,7-15H2,3-4H3. The largest absolute Gasteiger partial charge is 0.462 e. The first-order valence-electron chi connectivity index (χ1n) is 11.2. The van der Waals surface area contributed by atoms with Gasteiger partial charge in [-0.15, -0.1) is 0 Å². The zero-order chi connectivity index (χ0) is 26.4. The van der Waals surface area contributed by atoms with E-state index >= 15 is 0 Å². The monoisotopic (exact) mass is 496 g/mol. The van der Waals surface area contributed by atoms with Gasteiger partial charge in [0.1, 0.15) is 26.4 Å². The Bertz CT molecular complexity index is 831. The second-order valence-electron chi connectivity index (χ2n) is 8.16. The molecule has 0 aromatic carbocycles. The van der Waals surface area contributed by atoms with Crippen molar-refractivity contribution in [1.29, 1.82) is 0 Å². The van der Waals surface area contributed by atoms with Crippen LogP contribution in [0.2, 0.25) is 0 Å². The van der Waals surface area contributed by atoms with Gasteiger partial charge in [0, 0.05) is 12.2 Å². The van der Waals surface area contributed by atoms with Crippen LogP contribution in [0.1, 0.15) is 46.0 Å². The molecule has 0 saturated heterocycles. The van der Waals surface area contributed by atoms with E-state index in [9.17, 15) is 28.8 Å². The number of hydrogen-bond acceptors (Lipinski definition) is 11. The summed E-state index contributed by atoms with van der Waals surface area (Å²) in [6.07, 6.45) is 3.61. The zero-order valence-electron chi connectivity index (χ0n) is 20.1. The van der Waals surface area contributed by atoms with Crippen LogP contribution in [-0.2, 0) is 52.5 Å². The van der Waals surface area contributed by atoms with Gasteiger partial charge in [0.15, 0.2) is 0 Å². The highest BCUT2D eigenvalue weighted by Crippen LogP contribution is 2.43. The van der Waals surface area contributed by atoms with Crippen LogP contribution in [0.3, 0.4) is 0 Å². The number of carbonyl (C=O) groups is 6. The zero-order valence-corrected chi connectivity index (χ0v) is 20.1. The van der Waals surface area contributed by atoms with E-state index in [1.165, 1.54) is 6.92 Å². The van der Waals surface area contributed by atoms with Crippen LogP contribution in [0.15, 0.2) is 25.3 Å². The maximum atomic E-state index is 12.8. The quantitative estimate of drug-likeness (QED) is 0.121. The van der Waals surface area contributed by atoms with Gasteiger partial charge in [-0.25, -0.2) is 9.59 Å². The number of rotatable bonds is 13. The van der Waals surface area contributed by atoms with E-state index in [-0.39, 0.29) is 32.8 Å². The SMILES string of the molecule is C=CC(=O)OCCOC(=O)CC(C)C(=O)OC(=O)C1CCCCC1(C)C(=O)OCCOC(=O)C=C. The summed E-state index contributed by atoms with van der Waals surface area (Å²) in [6.45, 7) is 8.73. The molecular formula is C24H32O11. The summed E-state index contributed by atoms with van der Waals surface area (Å²) >= 11 is 0. The van der Waals surface area contributed by atoms with Crippen LogP contribution < -0.4 is 0 Å². The maximum absolute atomic E-state index is 12.8. The molecule has 1 aliphatic rings. The van der Waals surface area contributed by atoms with E-state index in [2.05, 4.69) is 17.9 Å². The van der Waals surface area contributed by atoms with Crippen molar-refractivity contribution >= 4 is 35.8 Å². The summed E-state index contributed by atoms with van der Waals surface area (Å²) in [5.74, 6) is -6.41. The third-order valence-electron chi connectivity index (χ3n) is 5.52. The highest BCUT2D eigenvalue weighted by Gasteiger charge is 2.49. The predicted octanol–water partition coefficient (Wildman–Crippen LogP) is 1.82. The fraction of sp³-hybridized carbons (Fsp3) is 0.583. The smallest absolute Gasteiger partial charge is 0.330 e. The third kappa shape index (κ3) is 9.71. The summed E-state index contributed by atoms with van der Waals surface area (Å²) in [6, 6.07) is 0. The highest BCUT2D eigenvalue weighted by molar-refractivity contribution is 5.92. The number of esters is 6. The lowest BCUT2D eigenvalue weighted by atomic mass is 9.67. The Hall–Kier alpha value is -3.50. The number of carbonyl (C=O) groups excluding carboxylic acids is 6. The van der Waals surface area contributed by atoms with Crippen LogP contribution in [0, 0.1) is 17.3 Å². The Morgan fingerprint density at radius 3 is 2.00 bits per heavy atom. The molecule has 3 unspecified atom stereocenters. The van der Waals surface area contributed by atoms with E-state index in [4.69, 9.17) is 18.9 Å². The molecule has 1 saturated carbocycles. The van der Waals surface area contributed by atoms with E-state index in [0.717, 1.165) is 12.2 Å². The fourth-order valence-corrected chi connectivity index (χ4v) is 3.48. The number of hydrogen-bond donors (Lipinski definition) is 0. The first-order valence-corrected chi connectivity index (χ1v) is 11.2. The molecule has 0 aromatic heterocycles. The molecule has 35 heavy (non-hydrogen) atoms. The lowest BCUT2D eigenvalue weighted by molar-refractivity contribution is -0.178. The topological polar surface area (TPSA) is 149 Å². The Balaban J connectivity index is 2.58. The van der Waals surface area contributed by atoms with Crippen molar-refractivity contribution in [3.63, 3.8) is 0 Å². The molecule has 0 aliphatic heterocycles. The summed E-state index contributed by atoms with van der Waals surface area (Å²) in [4.78, 5) is 71.7. The molecule has 0 radical (unpaired) electrons. The molecule has 1 rings (SSSR count). The van der Waals surface area contributed by atoms with Crippen molar-refractivity contribution in [3.8, 4) is 0 Å². The number of ether oxygens (including phenoxy) is 5. The fourth-order valence-electron chi connectivity index (χ4n) is 3.48. The van der Waals surface area contributed by atoms with E-state index in [1.807, 2.05) is 0 Å². The van der Waals surface area contributed by atoms with Gasteiger partial charge < -0.3 is 23.7 Å². The Morgan fingerprint density at radius 1 is 0.886 bits per heavy atom. The van der Waals surface area contributed by atoms with Gasteiger partial charge in [-0.05, 0) is 19.8 Å². The highest BCUT2D eigenvalue weighted by atomic mass is 16.6. The Labute approximate surface area is 203 Å². The second kappa shape index (κ2) is 14.7. The molecule has 11 nitrogen and oxygen atoms in total. The van der Waals surface area contributed by atoms with Crippen molar-refractivity contribution < 1.29 is 52.5 Å². The molecule has 0 heterocycles. The molecule has 0 bridgehead atoms. The Morgan fingerprint density at radius 2 is 1.43 bits per heavy atom. The average molecular weight is 497 g/mol. The van der Waals surface area contributed by atoms with Crippen molar-refractivity contribution in [2.75, 3.05) is 26.4 Å². The average Bonchev–Trinajstić information content (AvgIpc) is 2.83. The predicted molar refractivity (Wildman–Crippen MR) is 119 cm³/mol. The van der Waals surface area contributed by atoms with Gasteiger partial charge in [-0.2, -0.15) is 0 Å².